The number of unbranched alkanes of at least 4 members (excludes halogenated alkanes) is 7. The normalized spacial score (nSPS) is 11.3. The number of aryl methyl sites for hydroxylation is 1. The molecule has 2 rings (SSSR count). The zero-order valence-electron chi connectivity index (χ0n) is 17.6. The van der Waals surface area contributed by atoms with E-state index in [9.17, 15) is 22.8 Å². The van der Waals surface area contributed by atoms with Crippen LogP contribution in [0.4, 0.5) is 13.2 Å². The number of aromatic nitrogens is 1. The van der Waals surface area contributed by atoms with Gasteiger partial charge in [-0.25, -0.2) is 4.79 Å². The smallest absolute Gasteiger partial charge is 0.416 e. The minimum absolute atomic E-state index is 0.0395. The van der Waals surface area contributed by atoms with E-state index in [1.807, 2.05) is 0 Å². The Morgan fingerprint density at radius 3 is 2.13 bits per heavy atom. The number of aromatic carboxylic acids is 1. The van der Waals surface area contributed by atoms with Crippen molar-refractivity contribution < 1.29 is 23.1 Å². The first-order valence-electron chi connectivity index (χ1n) is 10.3. The van der Waals surface area contributed by atoms with Crippen molar-refractivity contribution in [1.29, 1.82) is 0 Å². The van der Waals surface area contributed by atoms with Gasteiger partial charge in [-0.15, -0.1) is 0 Å². The number of nitrogens with one attached hydrogen (secondary N) is 1. The van der Waals surface area contributed by atoms with E-state index in [1.54, 1.807) is 0 Å². The van der Waals surface area contributed by atoms with Gasteiger partial charge >= 0.3 is 12.1 Å². The molecule has 1 aromatic heterocycles. The Hall–Kier alpha value is -2.35. The number of pyridine rings is 1. The van der Waals surface area contributed by atoms with Crippen molar-refractivity contribution in [2.75, 3.05) is 6.54 Å². The van der Waals surface area contributed by atoms with Gasteiger partial charge in [-0.05, 0) is 37.6 Å². The van der Waals surface area contributed by atoms with Gasteiger partial charge in [-0.3, -0.25) is 4.79 Å². The van der Waals surface area contributed by atoms with Crippen LogP contribution in [0.15, 0.2) is 23.0 Å². The van der Waals surface area contributed by atoms with Crippen LogP contribution in [0.3, 0.4) is 0 Å². The lowest BCUT2D eigenvalue weighted by molar-refractivity contribution is -0.137. The summed E-state index contributed by atoms with van der Waals surface area (Å²) >= 11 is 0. The SMILES string of the molecule is CCCCCCCCCCN.Cc1c(C(=O)O)c(=O)[nH]c2cc(C(F)(F)F)ccc12. The number of hydrogen-bond donors (Lipinski definition) is 3. The quantitative estimate of drug-likeness (QED) is 0.450. The average Bonchev–Trinajstić information content (AvgIpc) is 2.66. The molecule has 0 aliphatic heterocycles. The van der Waals surface area contributed by atoms with Crippen molar-refractivity contribution in [3.63, 3.8) is 0 Å². The summed E-state index contributed by atoms with van der Waals surface area (Å²) in [5.74, 6) is -1.42. The first-order chi connectivity index (χ1) is 14.1. The highest BCUT2D eigenvalue weighted by atomic mass is 19.4. The van der Waals surface area contributed by atoms with Gasteiger partial charge in [0.2, 0.25) is 0 Å². The Morgan fingerprint density at radius 1 is 1.07 bits per heavy atom. The predicted molar refractivity (Wildman–Crippen MR) is 113 cm³/mol. The van der Waals surface area contributed by atoms with E-state index in [2.05, 4.69) is 11.9 Å². The van der Waals surface area contributed by atoms with Crippen molar-refractivity contribution >= 4 is 16.9 Å². The standard InChI is InChI=1S/C12H8F3NO3.C10H23N/c1-5-7-3-2-6(12(13,14)15)4-8(7)16-10(17)9(5)11(18)19;1-2-3-4-5-6-7-8-9-10-11/h2-4H,1H3,(H,16,17)(H,18,19);2-11H2,1H3. The Balaban J connectivity index is 0.000000352. The molecule has 0 amide bonds. The Bertz CT molecular complexity index is 868. The van der Waals surface area contributed by atoms with Gasteiger partial charge in [0, 0.05) is 10.9 Å². The average molecular weight is 428 g/mol. The molecule has 0 atom stereocenters. The van der Waals surface area contributed by atoms with Crippen molar-refractivity contribution in [1.82, 2.24) is 4.98 Å². The predicted octanol–water partition coefficient (Wildman–Crippen LogP) is 5.64. The van der Waals surface area contributed by atoms with Crippen molar-refractivity contribution in [3.8, 4) is 0 Å². The number of aromatic amines is 1. The van der Waals surface area contributed by atoms with E-state index in [0.717, 1.165) is 24.7 Å². The maximum atomic E-state index is 12.5. The van der Waals surface area contributed by atoms with Crippen LogP contribution in [0.2, 0.25) is 0 Å². The summed E-state index contributed by atoms with van der Waals surface area (Å²) in [4.78, 5) is 24.6. The van der Waals surface area contributed by atoms with Gasteiger partial charge in [0.05, 0.1) is 5.56 Å². The fraction of sp³-hybridized carbons (Fsp3) is 0.545. The summed E-state index contributed by atoms with van der Waals surface area (Å²) < 4.78 is 37.6. The molecule has 168 valence electrons. The van der Waals surface area contributed by atoms with Gasteiger partial charge in [-0.2, -0.15) is 13.2 Å². The molecule has 5 nitrogen and oxygen atoms in total. The van der Waals surface area contributed by atoms with Crippen molar-refractivity contribution in [2.24, 2.45) is 5.73 Å². The lowest BCUT2D eigenvalue weighted by Crippen LogP contribution is -2.19. The molecule has 30 heavy (non-hydrogen) atoms. The van der Waals surface area contributed by atoms with Crippen LogP contribution in [-0.2, 0) is 6.18 Å². The minimum Gasteiger partial charge on any atom is -0.477 e. The number of carboxylic acids is 1. The van der Waals surface area contributed by atoms with Crippen LogP contribution >= 0.6 is 0 Å². The summed E-state index contributed by atoms with van der Waals surface area (Å²) in [7, 11) is 0. The third-order valence-corrected chi connectivity index (χ3v) is 4.87. The lowest BCUT2D eigenvalue weighted by Gasteiger charge is -2.10. The molecule has 0 fully saturated rings. The topological polar surface area (TPSA) is 96.2 Å². The fourth-order valence-electron chi connectivity index (χ4n) is 3.18. The van der Waals surface area contributed by atoms with Gasteiger partial charge in [-0.1, -0.05) is 57.9 Å². The van der Waals surface area contributed by atoms with E-state index in [4.69, 9.17) is 10.8 Å². The van der Waals surface area contributed by atoms with E-state index >= 15 is 0 Å². The third-order valence-electron chi connectivity index (χ3n) is 4.87. The van der Waals surface area contributed by atoms with Crippen LogP contribution in [-0.4, -0.2) is 22.6 Å². The van der Waals surface area contributed by atoms with Crippen LogP contribution in [0.5, 0.6) is 0 Å². The number of fused-ring (bicyclic) bond motifs is 1. The third kappa shape index (κ3) is 7.82. The van der Waals surface area contributed by atoms with E-state index in [-0.39, 0.29) is 16.5 Å². The number of H-pyrrole nitrogens is 1. The van der Waals surface area contributed by atoms with E-state index in [0.29, 0.717) is 0 Å². The molecule has 0 aliphatic rings. The number of halogens is 3. The Kier molecular flexibility index (Phi) is 10.6. The van der Waals surface area contributed by atoms with Crippen LogP contribution in [0, 0.1) is 6.92 Å². The van der Waals surface area contributed by atoms with Crippen LogP contribution < -0.4 is 11.3 Å². The summed E-state index contributed by atoms with van der Waals surface area (Å²) in [6.07, 6.45) is 6.46. The lowest BCUT2D eigenvalue weighted by atomic mass is 10.0. The highest BCUT2D eigenvalue weighted by molar-refractivity contribution is 5.95. The first kappa shape index (κ1) is 25.7. The summed E-state index contributed by atoms with van der Waals surface area (Å²) in [5.41, 5.74) is 3.20. The van der Waals surface area contributed by atoms with Gasteiger partial charge in [0.1, 0.15) is 5.56 Å². The second-order valence-electron chi connectivity index (χ2n) is 7.28. The maximum Gasteiger partial charge on any atom is 0.416 e. The minimum atomic E-state index is -4.52. The number of hydrogen-bond acceptors (Lipinski definition) is 3. The zero-order chi connectivity index (χ0) is 22.7. The molecule has 0 saturated heterocycles. The number of carbonyl (C=O) groups is 1. The monoisotopic (exact) mass is 428 g/mol. The summed E-state index contributed by atoms with van der Waals surface area (Å²) in [6, 6.07) is 2.78. The molecular weight excluding hydrogens is 397 g/mol. The molecule has 1 aromatic carbocycles. The molecule has 0 unspecified atom stereocenters. The number of carboxylic acid groups (broad SMARTS) is 1. The number of nitrogens with two attached hydrogens (primary N) is 1. The largest absolute Gasteiger partial charge is 0.477 e. The number of benzene rings is 1. The van der Waals surface area contributed by atoms with Crippen LogP contribution in [0.25, 0.3) is 10.9 Å². The maximum absolute atomic E-state index is 12.5. The summed E-state index contributed by atoms with van der Waals surface area (Å²) in [5, 5.41) is 9.16. The fourth-order valence-corrected chi connectivity index (χ4v) is 3.18. The van der Waals surface area contributed by atoms with Crippen LogP contribution in [0.1, 0.15) is 79.8 Å². The van der Waals surface area contributed by atoms with Crippen molar-refractivity contribution in [2.45, 2.75) is 71.4 Å². The molecule has 0 spiro atoms. The molecule has 4 N–H and O–H groups in total. The van der Waals surface area contributed by atoms with E-state index in [1.165, 1.54) is 58.3 Å². The molecule has 0 saturated carbocycles. The highest BCUT2D eigenvalue weighted by Gasteiger charge is 2.30. The number of rotatable bonds is 9. The molecule has 0 bridgehead atoms. The molecule has 8 heteroatoms. The zero-order valence-corrected chi connectivity index (χ0v) is 17.6. The molecule has 0 aliphatic carbocycles. The van der Waals surface area contributed by atoms with E-state index < -0.39 is 28.8 Å². The molecular formula is C22H31F3N2O3. The molecule has 0 radical (unpaired) electrons. The van der Waals surface area contributed by atoms with Crippen molar-refractivity contribution in [3.05, 3.63) is 45.2 Å². The second-order valence-corrected chi connectivity index (χ2v) is 7.28. The highest BCUT2D eigenvalue weighted by Crippen LogP contribution is 2.31. The van der Waals surface area contributed by atoms with Gasteiger partial charge in [0.25, 0.3) is 5.56 Å². The molecule has 2 aromatic rings. The number of alkyl halides is 3. The van der Waals surface area contributed by atoms with Gasteiger partial charge < -0.3 is 15.8 Å². The first-order valence-corrected chi connectivity index (χ1v) is 10.3. The Labute approximate surface area is 174 Å². The Morgan fingerprint density at radius 2 is 1.63 bits per heavy atom. The second kappa shape index (κ2) is 12.4. The summed E-state index contributed by atoms with van der Waals surface area (Å²) in [6.45, 7) is 4.51. The molecule has 1 heterocycles. The van der Waals surface area contributed by atoms with Gasteiger partial charge in [0.15, 0.2) is 0 Å².